The van der Waals surface area contributed by atoms with E-state index < -0.39 is 12.1 Å². The second-order valence-electron chi connectivity index (χ2n) is 6.39. The van der Waals surface area contributed by atoms with Crippen LogP contribution in [0.4, 0.5) is 0 Å². The Balaban J connectivity index is 2.38. The number of carboxylic acid groups (broad SMARTS) is 1. The molecule has 2 N–H and O–H groups in total. The predicted molar refractivity (Wildman–Crippen MR) is 95.7 cm³/mol. The first-order valence-electron chi connectivity index (χ1n) is 8.99. The number of carbonyl (C=O) groups is 2. The summed E-state index contributed by atoms with van der Waals surface area (Å²) in [6, 6.07) is 0. The van der Waals surface area contributed by atoms with Crippen LogP contribution in [-0.2, 0) is 9.59 Å². The molecule has 1 aliphatic carbocycles. The number of unbranched alkanes of at least 4 members (excludes halogenated alkanes) is 3. The Labute approximate surface area is 145 Å². The standard InChI is InChI=1S/C20H30O4/c1-2-3-6-9-17(21)14-12-16-13-15-19(22)18(16)10-7-4-5-8-11-20(23)24/h4,7,12-18,21H,2-3,5-6,8-11H2,1H3,(H,23,24)/b7-4-,14-12+/t16-,17?,18+/m0/s1. The molecule has 0 spiro atoms. The van der Waals surface area contributed by atoms with Gasteiger partial charge in [-0.1, -0.05) is 56.6 Å². The van der Waals surface area contributed by atoms with Crippen LogP contribution in [0.2, 0.25) is 0 Å². The lowest BCUT2D eigenvalue weighted by Crippen LogP contribution is -2.14. The van der Waals surface area contributed by atoms with Crippen molar-refractivity contribution in [3.63, 3.8) is 0 Å². The number of hydrogen-bond acceptors (Lipinski definition) is 3. The molecule has 1 unspecified atom stereocenters. The highest BCUT2D eigenvalue weighted by Gasteiger charge is 2.27. The van der Waals surface area contributed by atoms with Crippen LogP contribution >= 0.6 is 0 Å². The molecule has 0 aromatic heterocycles. The van der Waals surface area contributed by atoms with Gasteiger partial charge in [-0.3, -0.25) is 9.59 Å². The molecule has 0 saturated carbocycles. The number of rotatable bonds is 12. The lowest BCUT2D eigenvalue weighted by Gasteiger charge is -2.13. The normalized spacial score (nSPS) is 22.0. The molecule has 3 atom stereocenters. The minimum absolute atomic E-state index is 0.0435. The summed E-state index contributed by atoms with van der Waals surface area (Å²) in [4.78, 5) is 22.4. The molecule has 0 aromatic rings. The summed E-state index contributed by atoms with van der Waals surface area (Å²) in [5.74, 6) is -0.705. The van der Waals surface area contributed by atoms with Gasteiger partial charge in [0.05, 0.1) is 6.10 Å². The second kappa shape index (κ2) is 11.8. The third-order valence-electron chi connectivity index (χ3n) is 4.29. The molecule has 0 radical (unpaired) electrons. The van der Waals surface area contributed by atoms with Gasteiger partial charge in [-0.05, 0) is 31.8 Å². The number of aliphatic carboxylic acids is 1. The van der Waals surface area contributed by atoms with Crippen molar-refractivity contribution >= 4 is 11.8 Å². The molecule has 1 aliphatic rings. The van der Waals surface area contributed by atoms with Gasteiger partial charge in [0.2, 0.25) is 0 Å². The zero-order chi connectivity index (χ0) is 17.8. The summed E-state index contributed by atoms with van der Waals surface area (Å²) in [6.45, 7) is 2.14. The summed E-state index contributed by atoms with van der Waals surface area (Å²) >= 11 is 0. The molecular weight excluding hydrogens is 304 g/mol. The van der Waals surface area contributed by atoms with Crippen molar-refractivity contribution in [3.8, 4) is 0 Å². The third-order valence-corrected chi connectivity index (χ3v) is 4.29. The van der Waals surface area contributed by atoms with E-state index in [1.54, 1.807) is 6.08 Å². The molecule has 0 aromatic carbocycles. The summed E-state index contributed by atoms with van der Waals surface area (Å²) < 4.78 is 0. The van der Waals surface area contributed by atoms with Crippen LogP contribution in [0.1, 0.15) is 58.3 Å². The van der Waals surface area contributed by atoms with Gasteiger partial charge in [0.15, 0.2) is 5.78 Å². The van der Waals surface area contributed by atoms with Crippen molar-refractivity contribution in [2.45, 2.75) is 64.4 Å². The molecule has 24 heavy (non-hydrogen) atoms. The number of ketones is 1. The maximum Gasteiger partial charge on any atom is 0.303 e. The van der Waals surface area contributed by atoms with Crippen molar-refractivity contribution in [2.75, 3.05) is 0 Å². The van der Waals surface area contributed by atoms with E-state index >= 15 is 0 Å². The quantitative estimate of drug-likeness (QED) is 0.417. The fourth-order valence-electron chi connectivity index (χ4n) is 2.81. The Kier molecular flexibility index (Phi) is 10.0. The fourth-order valence-corrected chi connectivity index (χ4v) is 2.81. The van der Waals surface area contributed by atoms with Crippen molar-refractivity contribution in [2.24, 2.45) is 11.8 Å². The molecule has 0 aliphatic heterocycles. The molecule has 0 fully saturated rings. The highest BCUT2D eigenvalue weighted by atomic mass is 16.4. The van der Waals surface area contributed by atoms with Crippen molar-refractivity contribution in [1.29, 1.82) is 0 Å². The molecule has 0 bridgehead atoms. The molecular formula is C20H30O4. The maximum atomic E-state index is 12.0. The van der Waals surface area contributed by atoms with Crippen molar-refractivity contribution < 1.29 is 19.8 Å². The van der Waals surface area contributed by atoms with Crippen LogP contribution in [0.15, 0.2) is 36.5 Å². The number of aliphatic hydroxyl groups is 1. The lowest BCUT2D eigenvalue weighted by atomic mass is 9.90. The molecule has 1 rings (SSSR count). The van der Waals surface area contributed by atoms with Crippen LogP contribution in [0.25, 0.3) is 0 Å². The summed E-state index contributed by atoms with van der Waals surface area (Å²) in [7, 11) is 0. The van der Waals surface area contributed by atoms with E-state index in [1.165, 1.54) is 0 Å². The van der Waals surface area contributed by atoms with E-state index in [9.17, 15) is 14.7 Å². The highest BCUT2D eigenvalue weighted by molar-refractivity contribution is 5.95. The number of aliphatic hydroxyl groups excluding tert-OH is 1. The summed E-state index contributed by atoms with van der Waals surface area (Å²) in [5, 5.41) is 18.5. The van der Waals surface area contributed by atoms with Gasteiger partial charge in [0.1, 0.15) is 0 Å². The zero-order valence-corrected chi connectivity index (χ0v) is 14.6. The Morgan fingerprint density at radius 3 is 2.79 bits per heavy atom. The molecule has 4 heteroatoms. The van der Waals surface area contributed by atoms with Crippen LogP contribution in [-0.4, -0.2) is 28.1 Å². The highest BCUT2D eigenvalue weighted by Crippen LogP contribution is 2.27. The Hall–Kier alpha value is -1.68. The van der Waals surface area contributed by atoms with E-state index in [2.05, 4.69) is 6.92 Å². The van der Waals surface area contributed by atoms with Crippen LogP contribution in [0.5, 0.6) is 0 Å². The van der Waals surface area contributed by atoms with Crippen LogP contribution < -0.4 is 0 Å². The Bertz CT molecular complexity index is 476. The zero-order valence-electron chi connectivity index (χ0n) is 14.6. The van der Waals surface area contributed by atoms with Gasteiger partial charge >= 0.3 is 5.97 Å². The molecule has 4 nitrogen and oxygen atoms in total. The number of hydrogen-bond donors (Lipinski definition) is 2. The third kappa shape index (κ3) is 8.25. The van der Waals surface area contributed by atoms with Crippen molar-refractivity contribution in [1.82, 2.24) is 0 Å². The van der Waals surface area contributed by atoms with Gasteiger partial charge in [-0.15, -0.1) is 0 Å². The first kappa shape index (κ1) is 20.4. The summed E-state index contributed by atoms with van der Waals surface area (Å²) in [5.41, 5.74) is 0. The average Bonchev–Trinajstić information content (AvgIpc) is 2.89. The van der Waals surface area contributed by atoms with Gasteiger partial charge < -0.3 is 10.2 Å². The van der Waals surface area contributed by atoms with E-state index in [0.717, 1.165) is 32.1 Å². The van der Waals surface area contributed by atoms with Gasteiger partial charge in [0, 0.05) is 18.3 Å². The minimum Gasteiger partial charge on any atom is -0.481 e. The lowest BCUT2D eigenvalue weighted by molar-refractivity contribution is -0.137. The van der Waals surface area contributed by atoms with Crippen molar-refractivity contribution in [3.05, 3.63) is 36.5 Å². The smallest absolute Gasteiger partial charge is 0.303 e. The second-order valence-corrected chi connectivity index (χ2v) is 6.39. The monoisotopic (exact) mass is 334 g/mol. The maximum absolute atomic E-state index is 12.0. The van der Waals surface area contributed by atoms with Gasteiger partial charge in [-0.25, -0.2) is 0 Å². The Morgan fingerprint density at radius 2 is 2.08 bits per heavy atom. The number of allylic oxidation sites excluding steroid dienone is 5. The number of carboxylic acids is 1. The topological polar surface area (TPSA) is 74.6 Å². The van der Waals surface area contributed by atoms with E-state index in [1.807, 2.05) is 30.4 Å². The van der Waals surface area contributed by atoms with Crippen LogP contribution in [0.3, 0.4) is 0 Å². The molecule has 0 saturated heterocycles. The number of carbonyl (C=O) groups excluding carboxylic acids is 1. The van der Waals surface area contributed by atoms with Gasteiger partial charge in [0.25, 0.3) is 0 Å². The van der Waals surface area contributed by atoms with E-state index in [-0.39, 0.29) is 24.0 Å². The largest absolute Gasteiger partial charge is 0.481 e. The van der Waals surface area contributed by atoms with E-state index in [4.69, 9.17) is 5.11 Å². The summed E-state index contributed by atoms with van der Waals surface area (Å²) in [6.07, 6.45) is 17.0. The molecule has 0 amide bonds. The molecule has 134 valence electrons. The SMILES string of the molecule is CCCCCC(O)/C=C/[C@H]1C=CC(=O)[C@@H]1C/C=C\CCCC(=O)O. The predicted octanol–water partition coefficient (Wildman–Crippen LogP) is 4.06. The van der Waals surface area contributed by atoms with Gasteiger partial charge in [-0.2, -0.15) is 0 Å². The average molecular weight is 334 g/mol. The first-order chi connectivity index (χ1) is 11.5. The van der Waals surface area contributed by atoms with E-state index in [0.29, 0.717) is 12.8 Å². The van der Waals surface area contributed by atoms with Crippen LogP contribution in [0, 0.1) is 11.8 Å². The fraction of sp³-hybridized carbons (Fsp3) is 0.600. The Morgan fingerprint density at radius 1 is 1.29 bits per heavy atom. The first-order valence-corrected chi connectivity index (χ1v) is 8.99. The molecule has 0 heterocycles. The minimum atomic E-state index is -0.777.